The third-order valence-corrected chi connectivity index (χ3v) is 1.30. The molecule has 2 rings (SSSR count). The van der Waals surface area contributed by atoms with Gasteiger partial charge in [0.15, 0.2) is 0 Å². The van der Waals surface area contributed by atoms with E-state index in [1.165, 1.54) is 10.8 Å². The minimum Gasteiger partial charge on any atom is -0.492 e. The minimum absolute atomic E-state index is 0.0214. The van der Waals surface area contributed by atoms with Crippen molar-refractivity contribution in [2.24, 2.45) is 0 Å². The Morgan fingerprint density at radius 1 is 1.50 bits per heavy atom. The second kappa shape index (κ2) is 1.70. The van der Waals surface area contributed by atoms with Gasteiger partial charge >= 0.3 is 0 Å². The van der Waals surface area contributed by atoms with Crippen LogP contribution < -0.4 is 0 Å². The lowest BCUT2D eigenvalue weighted by Gasteiger charge is -1.87. The molecule has 2 aromatic heterocycles. The van der Waals surface area contributed by atoms with Gasteiger partial charge in [0, 0.05) is 6.20 Å². The summed E-state index contributed by atoms with van der Waals surface area (Å²) in [5.41, 5.74) is 0.627. The van der Waals surface area contributed by atoms with Crippen LogP contribution in [0.15, 0.2) is 24.7 Å². The van der Waals surface area contributed by atoms with Crippen LogP contribution in [-0.2, 0) is 0 Å². The first-order valence-corrected chi connectivity index (χ1v) is 2.85. The largest absolute Gasteiger partial charge is 0.492 e. The maximum Gasteiger partial charge on any atom is 0.239 e. The first kappa shape index (κ1) is 5.22. The van der Waals surface area contributed by atoms with E-state index < -0.39 is 0 Å². The Morgan fingerprint density at radius 2 is 2.40 bits per heavy atom. The predicted octanol–water partition coefficient (Wildman–Crippen LogP) is 0.435. The summed E-state index contributed by atoms with van der Waals surface area (Å²) in [6.45, 7) is 0. The van der Waals surface area contributed by atoms with Crippen molar-refractivity contribution < 1.29 is 5.11 Å². The maximum absolute atomic E-state index is 9.04. The van der Waals surface area contributed by atoms with Crippen molar-refractivity contribution in [2.45, 2.75) is 0 Å². The monoisotopic (exact) mass is 135 g/mol. The standard InChI is InChI=1S/C6H5N3O/c10-6-5-2-1-3-8-9(5)4-7-6/h1-4,10H. The summed E-state index contributed by atoms with van der Waals surface area (Å²) in [4.78, 5) is 3.65. The van der Waals surface area contributed by atoms with E-state index in [9.17, 15) is 0 Å². The van der Waals surface area contributed by atoms with Gasteiger partial charge in [-0.2, -0.15) is 5.10 Å². The van der Waals surface area contributed by atoms with Crippen molar-refractivity contribution in [3.8, 4) is 5.88 Å². The molecule has 2 heterocycles. The Balaban J connectivity index is 2.93. The molecule has 1 N–H and O–H groups in total. The third kappa shape index (κ3) is 0.556. The molecule has 4 heteroatoms. The number of aromatic nitrogens is 3. The van der Waals surface area contributed by atoms with Crippen molar-refractivity contribution in [2.75, 3.05) is 0 Å². The van der Waals surface area contributed by atoms with Crippen molar-refractivity contribution in [3.05, 3.63) is 24.7 Å². The minimum atomic E-state index is 0.0214. The summed E-state index contributed by atoms with van der Waals surface area (Å²) in [5.74, 6) is 0.0214. The number of hydrogen-bond acceptors (Lipinski definition) is 3. The number of rotatable bonds is 0. The lowest BCUT2D eigenvalue weighted by atomic mass is 10.5. The summed E-state index contributed by atoms with van der Waals surface area (Å²) >= 11 is 0. The van der Waals surface area contributed by atoms with E-state index in [2.05, 4.69) is 10.1 Å². The highest BCUT2D eigenvalue weighted by atomic mass is 16.3. The Hall–Kier alpha value is -1.58. The SMILES string of the molecule is Oc1ncn2ncccc12. The smallest absolute Gasteiger partial charge is 0.239 e. The highest BCUT2D eigenvalue weighted by Crippen LogP contribution is 2.12. The fraction of sp³-hybridized carbons (Fsp3) is 0. The Kier molecular flexibility index (Phi) is 0.887. The molecule has 0 radical (unpaired) electrons. The number of hydrogen-bond donors (Lipinski definition) is 1. The summed E-state index contributed by atoms with van der Waals surface area (Å²) < 4.78 is 1.51. The van der Waals surface area contributed by atoms with E-state index >= 15 is 0 Å². The summed E-state index contributed by atoms with van der Waals surface area (Å²) in [6.07, 6.45) is 3.10. The van der Waals surface area contributed by atoms with Crippen LogP contribution in [0, 0.1) is 0 Å². The van der Waals surface area contributed by atoms with E-state index in [1.807, 2.05) is 0 Å². The van der Waals surface area contributed by atoms with E-state index in [-0.39, 0.29) is 5.88 Å². The molecule has 0 aromatic carbocycles. The van der Waals surface area contributed by atoms with Gasteiger partial charge in [0.25, 0.3) is 0 Å². The van der Waals surface area contributed by atoms with E-state index in [1.54, 1.807) is 18.3 Å². The van der Waals surface area contributed by atoms with Gasteiger partial charge in [0.1, 0.15) is 11.8 Å². The van der Waals surface area contributed by atoms with Crippen LogP contribution in [-0.4, -0.2) is 19.7 Å². The lowest BCUT2D eigenvalue weighted by Crippen LogP contribution is -1.84. The van der Waals surface area contributed by atoms with Crippen molar-refractivity contribution in [1.82, 2.24) is 14.6 Å². The van der Waals surface area contributed by atoms with Gasteiger partial charge in [0.05, 0.1) is 0 Å². The molecule has 0 aliphatic heterocycles. The van der Waals surface area contributed by atoms with E-state index in [0.29, 0.717) is 5.52 Å². The zero-order valence-corrected chi connectivity index (χ0v) is 5.10. The van der Waals surface area contributed by atoms with Crippen molar-refractivity contribution >= 4 is 5.52 Å². The average Bonchev–Trinajstić information content (AvgIpc) is 2.34. The van der Waals surface area contributed by atoms with Gasteiger partial charge in [-0.15, -0.1) is 0 Å². The molecule has 0 saturated carbocycles. The zero-order valence-electron chi connectivity index (χ0n) is 5.10. The van der Waals surface area contributed by atoms with E-state index in [0.717, 1.165) is 0 Å². The first-order chi connectivity index (χ1) is 4.88. The van der Waals surface area contributed by atoms with Crippen molar-refractivity contribution in [3.63, 3.8) is 0 Å². The molecule has 0 spiro atoms. The molecule has 0 bridgehead atoms. The number of nitrogens with zero attached hydrogens (tertiary/aromatic N) is 3. The first-order valence-electron chi connectivity index (χ1n) is 2.85. The average molecular weight is 135 g/mol. The van der Waals surface area contributed by atoms with Crippen LogP contribution in [0.5, 0.6) is 5.88 Å². The van der Waals surface area contributed by atoms with Gasteiger partial charge < -0.3 is 5.11 Å². The van der Waals surface area contributed by atoms with Gasteiger partial charge in [-0.05, 0) is 12.1 Å². The van der Waals surface area contributed by atoms with Gasteiger partial charge in [-0.3, -0.25) is 0 Å². The van der Waals surface area contributed by atoms with E-state index in [4.69, 9.17) is 5.11 Å². The van der Waals surface area contributed by atoms with Crippen LogP contribution in [0.25, 0.3) is 5.52 Å². The highest BCUT2D eigenvalue weighted by Gasteiger charge is 1.98. The second-order valence-corrected chi connectivity index (χ2v) is 1.92. The van der Waals surface area contributed by atoms with Gasteiger partial charge in [-0.25, -0.2) is 9.50 Å². The molecule has 0 amide bonds. The molecule has 0 saturated heterocycles. The lowest BCUT2D eigenvalue weighted by molar-refractivity contribution is 0.462. The quantitative estimate of drug-likeness (QED) is 0.570. The van der Waals surface area contributed by atoms with Gasteiger partial charge in [-0.1, -0.05) is 0 Å². The predicted molar refractivity (Wildman–Crippen MR) is 34.7 cm³/mol. The Labute approximate surface area is 56.8 Å². The third-order valence-electron chi connectivity index (χ3n) is 1.30. The molecule has 0 unspecified atom stereocenters. The fourth-order valence-electron chi connectivity index (χ4n) is 0.828. The second-order valence-electron chi connectivity index (χ2n) is 1.92. The van der Waals surface area contributed by atoms with Crippen molar-refractivity contribution in [1.29, 1.82) is 0 Å². The normalized spacial score (nSPS) is 10.4. The molecule has 50 valence electrons. The number of imidazole rings is 1. The molecular weight excluding hydrogens is 130 g/mol. The molecular formula is C6H5N3O. The molecule has 4 nitrogen and oxygen atoms in total. The summed E-state index contributed by atoms with van der Waals surface area (Å²) in [5, 5.41) is 12.9. The summed E-state index contributed by atoms with van der Waals surface area (Å²) in [7, 11) is 0. The molecule has 2 aromatic rings. The molecule has 0 aliphatic carbocycles. The molecule has 10 heavy (non-hydrogen) atoms. The topological polar surface area (TPSA) is 50.4 Å². The van der Waals surface area contributed by atoms with Crippen LogP contribution >= 0.6 is 0 Å². The van der Waals surface area contributed by atoms with Crippen LogP contribution in [0.4, 0.5) is 0 Å². The highest BCUT2D eigenvalue weighted by molar-refractivity contribution is 5.54. The zero-order chi connectivity index (χ0) is 6.97. The molecule has 0 atom stereocenters. The molecule has 0 aliphatic rings. The Morgan fingerprint density at radius 3 is 3.20 bits per heavy atom. The fourth-order valence-corrected chi connectivity index (χ4v) is 0.828. The van der Waals surface area contributed by atoms with Crippen LogP contribution in [0.1, 0.15) is 0 Å². The van der Waals surface area contributed by atoms with Crippen LogP contribution in [0.2, 0.25) is 0 Å². The Bertz CT molecular complexity index is 355. The summed E-state index contributed by atoms with van der Waals surface area (Å²) in [6, 6.07) is 3.49. The van der Waals surface area contributed by atoms with Gasteiger partial charge in [0.2, 0.25) is 5.88 Å². The maximum atomic E-state index is 9.04. The molecule has 0 fully saturated rings. The van der Waals surface area contributed by atoms with Crippen LogP contribution in [0.3, 0.4) is 0 Å². The number of fused-ring (bicyclic) bond motifs is 1. The number of aromatic hydroxyl groups is 1.